The largest absolute Gasteiger partial charge is 0.462 e. The first-order chi connectivity index (χ1) is 13.8. The topological polar surface area (TPSA) is 121 Å². The minimum Gasteiger partial charge on any atom is -0.462 e. The number of esters is 1. The standard InChI is InChI=1S/C14H12F7NO7S2/c1-7(2)29-11(23)6-31(27,28)10-4-3-8(5-9(10)22(24)25)30(26)14(20,21)12(15,16)13(17,18)19/h3-5,7H,6H2,1-2H3. The molecule has 0 aliphatic heterocycles. The van der Waals surface area contributed by atoms with Gasteiger partial charge in [0.2, 0.25) is 0 Å². The van der Waals surface area contributed by atoms with Crippen molar-refractivity contribution in [2.45, 2.75) is 47.1 Å². The molecule has 1 atom stereocenters. The van der Waals surface area contributed by atoms with E-state index in [-0.39, 0.29) is 18.2 Å². The van der Waals surface area contributed by atoms with Gasteiger partial charge in [0.25, 0.3) is 5.69 Å². The highest BCUT2D eigenvalue weighted by Crippen LogP contribution is 2.49. The number of nitro benzene ring substituents is 1. The Balaban J connectivity index is 3.49. The molecule has 0 N–H and O–H groups in total. The molecule has 0 heterocycles. The van der Waals surface area contributed by atoms with E-state index in [4.69, 9.17) is 0 Å². The van der Waals surface area contributed by atoms with Gasteiger partial charge >= 0.3 is 23.3 Å². The zero-order valence-electron chi connectivity index (χ0n) is 15.3. The molecule has 1 aromatic carbocycles. The van der Waals surface area contributed by atoms with Crippen LogP contribution < -0.4 is 0 Å². The molecule has 0 saturated heterocycles. The first-order valence-corrected chi connectivity index (χ1v) is 10.5. The van der Waals surface area contributed by atoms with Gasteiger partial charge in [0.15, 0.2) is 15.6 Å². The monoisotopic (exact) mass is 503 g/mol. The van der Waals surface area contributed by atoms with Crippen molar-refractivity contribution in [3.05, 3.63) is 28.3 Å². The fraction of sp³-hybridized carbons (Fsp3) is 0.500. The Bertz CT molecular complexity index is 1010. The Morgan fingerprint density at radius 1 is 1.16 bits per heavy atom. The van der Waals surface area contributed by atoms with Crippen LogP contribution in [0, 0.1) is 10.1 Å². The van der Waals surface area contributed by atoms with Crippen LogP contribution in [0.25, 0.3) is 0 Å². The fourth-order valence-corrected chi connectivity index (χ4v) is 4.29. The Morgan fingerprint density at radius 3 is 2.10 bits per heavy atom. The fourth-order valence-electron chi connectivity index (χ4n) is 1.98. The Hall–Kier alpha value is -2.30. The second-order valence-electron chi connectivity index (χ2n) is 6.04. The van der Waals surface area contributed by atoms with Crippen LogP contribution in [0.2, 0.25) is 0 Å². The molecule has 31 heavy (non-hydrogen) atoms. The van der Waals surface area contributed by atoms with Crippen LogP contribution in [0.15, 0.2) is 28.0 Å². The van der Waals surface area contributed by atoms with Crippen molar-refractivity contribution in [3.8, 4) is 0 Å². The molecule has 0 aliphatic carbocycles. The number of sulfone groups is 1. The number of carbonyl (C=O) groups excluding carboxylic acids is 1. The molecule has 0 bridgehead atoms. The first kappa shape index (κ1) is 26.7. The van der Waals surface area contributed by atoms with E-state index in [1.807, 2.05) is 0 Å². The number of hydrogen-bond donors (Lipinski definition) is 0. The zero-order chi connectivity index (χ0) is 24.6. The molecule has 0 aliphatic rings. The average molecular weight is 503 g/mol. The van der Waals surface area contributed by atoms with Gasteiger partial charge in [-0.25, -0.2) is 12.6 Å². The second-order valence-corrected chi connectivity index (χ2v) is 9.52. The summed E-state index contributed by atoms with van der Waals surface area (Å²) in [7, 11) is -9.33. The smallest absolute Gasteiger partial charge is 0.461 e. The molecule has 1 rings (SSSR count). The van der Waals surface area contributed by atoms with E-state index >= 15 is 0 Å². The molecule has 1 aromatic rings. The van der Waals surface area contributed by atoms with Gasteiger partial charge in [-0.1, -0.05) is 0 Å². The Kier molecular flexibility index (Phi) is 7.48. The van der Waals surface area contributed by atoms with E-state index in [0.29, 0.717) is 0 Å². The number of benzene rings is 1. The summed E-state index contributed by atoms with van der Waals surface area (Å²) in [6.45, 7) is 2.71. The van der Waals surface area contributed by atoms with E-state index < -0.39 is 76.2 Å². The maximum atomic E-state index is 13.6. The minimum atomic E-state index is -6.81. The number of hydrogen-bond acceptors (Lipinski definition) is 7. The van der Waals surface area contributed by atoms with Crippen molar-refractivity contribution in [2.24, 2.45) is 0 Å². The van der Waals surface area contributed by atoms with Crippen LogP contribution in [0.1, 0.15) is 13.8 Å². The van der Waals surface area contributed by atoms with Gasteiger partial charge in [-0.2, -0.15) is 30.7 Å². The summed E-state index contributed by atoms with van der Waals surface area (Å²) in [6.07, 6.45) is -7.57. The summed E-state index contributed by atoms with van der Waals surface area (Å²) < 4.78 is 131. The molecule has 8 nitrogen and oxygen atoms in total. The predicted molar refractivity (Wildman–Crippen MR) is 88.7 cm³/mol. The number of alkyl halides is 7. The quantitative estimate of drug-likeness (QED) is 0.231. The second kappa shape index (κ2) is 8.68. The molecule has 0 saturated carbocycles. The molecule has 176 valence electrons. The summed E-state index contributed by atoms with van der Waals surface area (Å²) in [5, 5.41) is 4.87. The summed E-state index contributed by atoms with van der Waals surface area (Å²) in [5.41, 5.74) is -1.57. The van der Waals surface area contributed by atoms with E-state index in [0.717, 1.165) is 0 Å². The van der Waals surface area contributed by atoms with Gasteiger partial charge in [0.05, 0.1) is 15.9 Å². The highest BCUT2D eigenvalue weighted by Gasteiger charge is 2.76. The van der Waals surface area contributed by atoms with Crippen molar-refractivity contribution in [3.63, 3.8) is 0 Å². The lowest BCUT2D eigenvalue weighted by molar-refractivity contribution is -0.388. The van der Waals surface area contributed by atoms with Crippen molar-refractivity contribution < 1.29 is 57.8 Å². The Morgan fingerprint density at radius 2 is 1.68 bits per heavy atom. The van der Waals surface area contributed by atoms with E-state index in [1.54, 1.807) is 0 Å². The molecular formula is C14H12F7NO7S2. The van der Waals surface area contributed by atoms with Crippen LogP contribution in [-0.2, 0) is 30.2 Å². The molecule has 0 spiro atoms. The zero-order valence-corrected chi connectivity index (χ0v) is 16.9. The number of rotatable bonds is 8. The number of ether oxygens (including phenoxy) is 1. The highest BCUT2D eigenvalue weighted by molar-refractivity contribution is 7.92. The van der Waals surface area contributed by atoms with E-state index in [9.17, 15) is 58.3 Å². The third kappa shape index (κ3) is 5.50. The lowest BCUT2D eigenvalue weighted by Gasteiger charge is -2.27. The van der Waals surface area contributed by atoms with Gasteiger partial charge in [-0.15, -0.1) is 0 Å². The summed E-state index contributed by atoms with van der Waals surface area (Å²) >= 11 is 0. The van der Waals surface area contributed by atoms with Crippen molar-refractivity contribution >= 4 is 32.3 Å². The lowest BCUT2D eigenvalue weighted by Crippen LogP contribution is -2.54. The third-order valence-corrected chi connectivity index (χ3v) is 6.34. The van der Waals surface area contributed by atoms with Gasteiger partial charge in [-0.3, -0.25) is 14.9 Å². The average Bonchev–Trinajstić information content (AvgIpc) is 2.57. The molecule has 0 radical (unpaired) electrons. The number of nitro groups is 1. The SMILES string of the molecule is CC(C)OC(=O)CS(=O)(=O)c1ccc(S(=O)C(F)(F)C(F)(F)C(F)(F)F)cc1[N+](=O)[O-]. The van der Waals surface area contributed by atoms with Crippen LogP contribution in [0.4, 0.5) is 36.4 Å². The maximum Gasteiger partial charge on any atom is 0.461 e. The van der Waals surface area contributed by atoms with Gasteiger partial charge in [0, 0.05) is 6.07 Å². The van der Waals surface area contributed by atoms with Crippen LogP contribution in [0.3, 0.4) is 0 Å². The molecule has 0 fully saturated rings. The summed E-state index contributed by atoms with van der Waals surface area (Å²) in [4.78, 5) is 18.3. The molecule has 0 amide bonds. The lowest BCUT2D eigenvalue weighted by atomic mass is 10.3. The Labute approximate surface area is 171 Å². The van der Waals surface area contributed by atoms with Crippen LogP contribution in [0.5, 0.6) is 0 Å². The van der Waals surface area contributed by atoms with Crippen LogP contribution in [-0.4, -0.2) is 52.7 Å². The van der Waals surface area contributed by atoms with Crippen molar-refractivity contribution in [2.75, 3.05) is 5.75 Å². The van der Waals surface area contributed by atoms with Gasteiger partial charge in [0.1, 0.15) is 15.7 Å². The van der Waals surface area contributed by atoms with Gasteiger partial charge < -0.3 is 4.74 Å². The minimum absolute atomic E-state index is 0.129. The van der Waals surface area contributed by atoms with Gasteiger partial charge in [-0.05, 0) is 26.0 Å². The van der Waals surface area contributed by atoms with Crippen LogP contribution >= 0.6 is 0 Å². The number of nitrogens with zero attached hydrogens (tertiary/aromatic N) is 1. The molecule has 1 unspecified atom stereocenters. The third-order valence-electron chi connectivity index (χ3n) is 3.31. The molecule has 17 heteroatoms. The molecule has 0 aromatic heterocycles. The predicted octanol–water partition coefficient (Wildman–Crippen LogP) is 3.22. The van der Waals surface area contributed by atoms with E-state index in [2.05, 4.69) is 4.74 Å². The summed E-state index contributed by atoms with van der Waals surface area (Å²) in [6, 6.07) is 0.159. The van der Waals surface area contributed by atoms with Crippen molar-refractivity contribution in [1.29, 1.82) is 0 Å². The van der Waals surface area contributed by atoms with Crippen molar-refractivity contribution in [1.82, 2.24) is 0 Å². The number of halogens is 7. The number of carbonyl (C=O) groups is 1. The maximum absolute atomic E-state index is 13.6. The van der Waals surface area contributed by atoms with E-state index in [1.165, 1.54) is 13.8 Å². The first-order valence-electron chi connectivity index (χ1n) is 7.70. The molecular weight excluding hydrogens is 491 g/mol. The normalized spacial score (nSPS) is 14.4. The summed E-state index contributed by atoms with van der Waals surface area (Å²) in [5.74, 6) is -9.55. The highest BCUT2D eigenvalue weighted by atomic mass is 32.2.